The molecule has 1 fully saturated rings. The van der Waals surface area contributed by atoms with Gasteiger partial charge in [0.05, 0.1) is 29.6 Å². The average molecular weight is 469 g/mol. The van der Waals surface area contributed by atoms with Gasteiger partial charge in [0.1, 0.15) is 0 Å². The molecule has 28 heavy (non-hydrogen) atoms. The van der Waals surface area contributed by atoms with Crippen LogP contribution >= 0.6 is 15.9 Å². The third kappa shape index (κ3) is 4.25. The Balaban J connectivity index is 1.77. The number of anilines is 2. The Bertz CT molecular complexity index is 977. The summed E-state index contributed by atoms with van der Waals surface area (Å²) in [6.07, 6.45) is 0.620. The van der Waals surface area contributed by atoms with E-state index in [9.17, 15) is 13.2 Å². The fraction of sp³-hybridized carbons (Fsp3) is 0.316. The smallest absolute Gasteiger partial charge is 0.255 e. The highest BCUT2D eigenvalue weighted by atomic mass is 79.9. The van der Waals surface area contributed by atoms with E-state index in [1.54, 1.807) is 36.4 Å². The molecule has 1 amide bonds. The maximum atomic E-state index is 12.6. The molecule has 0 atom stereocenters. The highest BCUT2D eigenvalue weighted by molar-refractivity contribution is 9.10. The highest BCUT2D eigenvalue weighted by Gasteiger charge is 2.28. The van der Waals surface area contributed by atoms with Crippen molar-refractivity contribution in [3.63, 3.8) is 0 Å². The topological polar surface area (TPSA) is 84.9 Å². The zero-order valence-corrected chi connectivity index (χ0v) is 18.0. The Morgan fingerprint density at radius 2 is 1.96 bits per heavy atom. The Labute approximate surface area is 172 Å². The van der Waals surface area contributed by atoms with E-state index in [2.05, 4.69) is 21.2 Å². The van der Waals surface area contributed by atoms with E-state index in [-0.39, 0.29) is 11.7 Å². The molecule has 150 valence electrons. The molecule has 0 bridgehead atoms. The molecule has 0 aromatic heterocycles. The first kappa shape index (κ1) is 20.5. The number of hydrogen-bond acceptors (Lipinski definition) is 5. The summed E-state index contributed by atoms with van der Waals surface area (Å²) < 4.78 is 36.9. The van der Waals surface area contributed by atoms with Crippen LogP contribution in [0.4, 0.5) is 11.4 Å². The summed E-state index contributed by atoms with van der Waals surface area (Å²) in [5.41, 5.74) is 1.56. The van der Waals surface area contributed by atoms with Gasteiger partial charge in [0.2, 0.25) is 10.0 Å². The van der Waals surface area contributed by atoms with Crippen LogP contribution in [0.2, 0.25) is 0 Å². The summed E-state index contributed by atoms with van der Waals surface area (Å²) in [4.78, 5) is 12.6. The van der Waals surface area contributed by atoms with Crippen molar-refractivity contribution in [2.24, 2.45) is 0 Å². The molecule has 1 heterocycles. The van der Waals surface area contributed by atoms with Crippen molar-refractivity contribution in [1.82, 2.24) is 0 Å². The van der Waals surface area contributed by atoms with Crippen LogP contribution in [0, 0.1) is 0 Å². The molecule has 1 saturated heterocycles. The first-order chi connectivity index (χ1) is 13.4. The minimum Gasteiger partial charge on any atom is -0.493 e. The van der Waals surface area contributed by atoms with Crippen LogP contribution in [0.1, 0.15) is 23.7 Å². The van der Waals surface area contributed by atoms with Gasteiger partial charge in [-0.05, 0) is 65.7 Å². The lowest BCUT2D eigenvalue weighted by Gasteiger charge is -2.17. The van der Waals surface area contributed by atoms with E-state index in [0.29, 0.717) is 52.5 Å². The van der Waals surface area contributed by atoms with Gasteiger partial charge in [-0.25, -0.2) is 8.42 Å². The lowest BCUT2D eigenvalue weighted by Crippen LogP contribution is -2.25. The van der Waals surface area contributed by atoms with Crippen molar-refractivity contribution >= 4 is 43.2 Å². The van der Waals surface area contributed by atoms with Crippen LogP contribution in [-0.2, 0) is 10.0 Å². The van der Waals surface area contributed by atoms with Crippen LogP contribution in [0.25, 0.3) is 0 Å². The predicted molar refractivity (Wildman–Crippen MR) is 112 cm³/mol. The third-order valence-electron chi connectivity index (χ3n) is 4.29. The van der Waals surface area contributed by atoms with Crippen LogP contribution in [0.15, 0.2) is 40.9 Å². The predicted octanol–water partition coefficient (Wildman–Crippen LogP) is 3.65. The maximum absolute atomic E-state index is 12.6. The fourth-order valence-corrected chi connectivity index (χ4v) is 5.10. The Kier molecular flexibility index (Phi) is 6.14. The zero-order chi connectivity index (χ0) is 20.3. The van der Waals surface area contributed by atoms with Gasteiger partial charge >= 0.3 is 0 Å². The summed E-state index contributed by atoms with van der Waals surface area (Å²) in [5.74, 6) is 0.845. The van der Waals surface area contributed by atoms with Crippen molar-refractivity contribution in [3.8, 4) is 11.5 Å². The molecule has 0 spiro atoms. The molecule has 2 aromatic carbocycles. The summed E-state index contributed by atoms with van der Waals surface area (Å²) in [6, 6.07) is 10.0. The maximum Gasteiger partial charge on any atom is 0.255 e. The molecule has 0 saturated carbocycles. The van der Waals surface area contributed by atoms with Crippen LogP contribution < -0.4 is 19.1 Å². The van der Waals surface area contributed by atoms with Gasteiger partial charge in [0.15, 0.2) is 11.5 Å². The van der Waals surface area contributed by atoms with Gasteiger partial charge in [0.25, 0.3) is 5.91 Å². The van der Waals surface area contributed by atoms with Gasteiger partial charge in [-0.3, -0.25) is 9.10 Å². The first-order valence-corrected chi connectivity index (χ1v) is 11.2. The second-order valence-corrected chi connectivity index (χ2v) is 9.03. The quantitative estimate of drug-likeness (QED) is 0.699. The summed E-state index contributed by atoms with van der Waals surface area (Å²) in [5, 5.41) is 2.80. The molecule has 7 nitrogen and oxygen atoms in total. The van der Waals surface area contributed by atoms with Gasteiger partial charge in [0, 0.05) is 17.8 Å². The van der Waals surface area contributed by atoms with E-state index in [1.807, 2.05) is 6.92 Å². The number of amides is 1. The number of nitrogens with zero attached hydrogens (tertiary/aromatic N) is 1. The molecule has 0 aliphatic carbocycles. The molecular weight excluding hydrogens is 448 g/mol. The summed E-state index contributed by atoms with van der Waals surface area (Å²) >= 11 is 3.40. The first-order valence-electron chi connectivity index (χ1n) is 8.78. The molecule has 1 N–H and O–H groups in total. The van der Waals surface area contributed by atoms with Crippen LogP contribution in [-0.4, -0.2) is 40.3 Å². The number of benzene rings is 2. The van der Waals surface area contributed by atoms with Gasteiger partial charge in [-0.15, -0.1) is 0 Å². The lowest BCUT2D eigenvalue weighted by atomic mass is 10.1. The number of rotatable bonds is 6. The Morgan fingerprint density at radius 1 is 1.25 bits per heavy atom. The monoisotopic (exact) mass is 468 g/mol. The highest BCUT2D eigenvalue weighted by Crippen LogP contribution is 2.37. The van der Waals surface area contributed by atoms with E-state index >= 15 is 0 Å². The van der Waals surface area contributed by atoms with Gasteiger partial charge < -0.3 is 14.8 Å². The summed E-state index contributed by atoms with van der Waals surface area (Å²) in [6.45, 7) is 2.82. The Morgan fingerprint density at radius 3 is 2.54 bits per heavy atom. The van der Waals surface area contributed by atoms with Crippen molar-refractivity contribution in [3.05, 3.63) is 46.4 Å². The van der Waals surface area contributed by atoms with Crippen molar-refractivity contribution in [2.45, 2.75) is 13.3 Å². The molecule has 2 aromatic rings. The number of nitrogens with one attached hydrogen (secondary N) is 1. The fourth-order valence-electron chi connectivity index (χ4n) is 2.98. The number of sulfonamides is 1. The minimum absolute atomic E-state index is 0.167. The van der Waals surface area contributed by atoms with E-state index in [0.717, 1.165) is 0 Å². The van der Waals surface area contributed by atoms with E-state index < -0.39 is 10.0 Å². The van der Waals surface area contributed by atoms with Crippen LogP contribution in [0.3, 0.4) is 0 Å². The van der Waals surface area contributed by atoms with Gasteiger partial charge in [-0.2, -0.15) is 0 Å². The van der Waals surface area contributed by atoms with Gasteiger partial charge in [-0.1, -0.05) is 0 Å². The molecule has 0 unspecified atom stereocenters. The second kappa shape index (κ2) is 8.40. The normalized spacial score (nSPS) is 15.3. The van der Waals surface area contributed by atoms with Crippen LogP contribution in [0.5, 0.6) is 11.5 Å². The number of hydrogen-bond donors (Lipinski definition) is 1. The lowest BCUT2D eigenvalue weighted by molar-refractivity contribution is 0.102. The van der Waals surface area contributed by atoms with Crippen molar-refractivity contribution in [2.75, 3.05) is 35.6 Å². The third-order valence-corrected chi connectivity index (χ3v) is 6.75. The number of carbonyl (C=O) groups excluding carboxylic acids is 1. The number of carbonyl (C=O) groups is 1. The zero-order valence-electron chi connectivity index (χ0n) is 15.6. The molecule has 9 heteroatoms. The summed E-state index contributed by atoms with van der Waals surface area (Å²) in [7, 11) is -1.71. The molecular formula is C19H21BrN2O5S. The second-order valence-electron chi connectivity index (χ2n) is 6.17. The van der Waals surface area contributed by atoms with E-state index in [1.165, 1.54) is 11.4 Å². The Hall–Kier alpha value is -2.26. The number of ether oxygens (including phenoxy) is 2. The van der Waals surface area contributed by atoms with Crippen molar-refractivity contribution < 1.29 is 22.7 Å². The number of methoxy groups -OCH3 is 1. The SMILES string of the molecule is CCOc1c(Br)cc(C(=O)Nc2ccc(N3CCCS3(=O)=O)cc2)cc1OC. The molecule has 1 aliphatic heterocycles. The molecule has 0 radical (unpaired) electrons. The number of halogens is 1. The molecule has 3 rings (SSSR count). The van der Waals surface area contributed by atoms with E-state index in [4.69, 9.17) is 9.47 Å². The standard InChI is InChI=1S/C19H21BrN2O5S/c1-3-27-18-16(20)11-13(12-17(18)26-2)19(23)21-14-5-7-15(8-6-14)22-9-4-10-28(22,24)25/h5-8,11-12H,3-4,9-10H2,1-2H3,(H,21,23). The largest absolute Gasteiger partial charge is 0.493 e. The van der Waals surface area contributed by atoms with Crippen molar-refractivity contribution in [1.29, 1.82) is 0 Å². The molecule has 1 aliphatic rings. The average Bonchev–Trinajstić information content (AvgIpc) is 3.03. The minimum atomic E-state index is -3.23.